The van der Waals surface area contributed by atoms with E-state index in [0.717, 1.165) is 41.9 Å². The molecule has 0 spiro atoms. The quantitative estimate of drug-likeness (QED) is 0.567. The molecule has 2 amide bonds. The van der Waals surface area contributed by atoms with Crippen LogP contribution in [0.15, 0.2) is 48.1 Å². The van der Waals surface area contributed by atoms with Crippen LogP contribution in [-0.2, 0) is 6.54 Å². The van der Waals surface area contributed by atoms with Gasteiger partial charge in [0.15, 0.2) is 0 Å². The number of nitrogens with zero attached hydrogens (tertiary/aromatic N) is 5. The van der Waals surface area contributed by atoms with E-state index in [0.29, 0.717) is 11.6 Å². The number of thiazole rings is 1. The van der Waals surface area contributed by atoms with Crippen LogP contribution < -0.4 is 10.6 Å². The van der Waals surface area contributed by atoms with E-state index in [4.69, 9.17) is 0 Å². The van der Waals surface area contributed by atoms with Crippen LogP contribution in [0, 0.1) is 0 Å². The highest BCUT2D eigenvalue weighted by atomic mass is 32.1. The van der Waals surface area contributed by atoms with Gasteiger partial charge in [-0.3, -0.25) is 20.5 Å². The molecule has 0 bridgehead atoms. The highest BCUT2D eigenvalue weighted by Crippen LogP contribution is 2.25. The van der Waals surface area contributed by atoms with Crippen molar-refractivity contribution in [3.05, 3.63) is 53.8 Å². The first-order valence-corrected chi connectivity index (χ1v) is 12.5. The molecule has 0 aromatic carbocycles. The zero-order valence-electron chi connectivity index (χ0n) is 18.6. The molecule has 0 radical (unpaired) electrons. The molecule has 0 aliphatic carbocycles. The summed E-state index contributed by atoms with van der Waals surface area (Å²) < 4.78 is 0. The second kappa shape index (κ2) is 10.4. The summed E-state index contributed by atoms with van der Waals surface area (Å²) in [4.78, 5) is 30.8. The van der Waals surface area contributed by atoms with Crippen LogP contribution in [0.3, 0.4) is 0 Å². The Bertz CT molecular complexity index is 1060. The van der Waals surface area contributed by atoms with Gasteiger partial charge < -0.3 is 4.90 Å². The second-order valence-corrected chi connectivity index (χ2v) is 9.48. The Morgan fingerprint density at radius 1 is 0.970 bits per heavy atom. The van der Waals surface area contributed by atoms with Crippen LogP contribution in [0.4, 0.5) is 16.4 Å². The Morgan fingerprint density at radius 2 is 1.73 bits per heavy atom. The van der Waals surface area contributed by atoms with Gasteiger partial charge in [-0.1, -0.05) is 6.07 Å². The number of carbonyl (C=O) groups excluding carboxylic acids is 1. The van der Waals surface area contributed by atoms with E-state index in [1.165, 1.54) is 50.1 Å². The minimum Gasteiger partial charge on any atom is -0.300 e. The Kier molecular flexibility index (Phi) is 6.89. The van der Waals surface area contributed by atoms with Crippen molar-refractivity contribution in [1.29, 1.82) is 0 Å². The Morgan fingerprint density at radius 3 is 2.52 bits per heavy atom. The van der Waals surface area contributed by atoms with Crippen molar-refractivity contribution in [2.45, 2.75) is 38.3 Å². The van der Waals surface area contributed by atoms with Crippen molar-refractivity contribution >= 4 is 29.0 Å². The molecular weight excluding hydrogens is 434 g/mol. The number of pyridine rings is 2. The smallest absolute Gasteiger partial charge is 0.300 e. The van der Waals surface area contributed by atoms with Crippen molar-refractivity contribution in [2.75, 3.05) is 36.8 Å². The molecule has 172 valence electrons. The fourth-order valence-corrected chi connectivity index (χ4v) is 5.40. The lowest BCUT2D eigenvalue weighted by molar-refractivity contribution is 0.122. The lowest BCUT2D eigenvalue weighted by atomic mass is 10.0. The third-order valence-electron chi connectivity index (χ3n) is 6.32. The van der Waals surface area contributed by atoms with Crippen LogP contribution in [0.1, 0.15) is 31.4 Å². The third-order valence-corrected chi connectivity index (χ3v) is 7.21. The summed E-state index contributed by atoms with van der Waals surface area (Å²) in [5.41, 5.74) is 1.95. The van der Waals surface area contributed by atoms with Crippen LogP contribution in [0.2, 0.25) is 0 Å². The molecule has 0 saturated carbocycles. The molecule has 0 unspecified atom stereocenters. The number of nitrogens with one attached hydrogen (secondary N) is 2. The predicted molar refractivity (Wildman–Crippen MR) is 131 cm³/mol. The maximum absolute atomic E-state index is 12.5. The third kappa shape index (κ3) is 5.73. The highest BCUT2D eigenvalue weighted by molar-refractivity contribution is 7.13. The van der Waals surface area contributed by atoms with Crippen LogP contribution in [0.25, 0.3) is 10.6 Å². The van der Waals surface area contributed by atoms with Gasteiger partial charge in [-0.05, 0) is 63.0 Å². The molecule has 2 N–H and O–H groups in total. The predicted octanol–water partition coefficient (Wildman–Crippen LogP) is 4.30. The molecule has 3 aromatic heterocycles. The number of rotatable bonds is 6. The lowest BCUT2D eigenvalue weighted by Gasteiger charge is -2.36. The van der Waals surface area contributed by atoms with Crippen LogP contribution >= 0.6 is 11.3 Å². The van der Waals surface area contributed by atoms with Gasteiger partial charge in [0.25, 0.3) is 0 Å². The van der Waals surface area contributed by atoms with E-state index < -0.39 is 0 Å². The number of urea groups is 1. The van der Waals surface area contributed by atoms with Crippen molar-refractivity contribution < 1.29 is 4.79 Å². The average molecular weight is 464 g/mol. The molecule has 33 heavy (non-hydrogen) atoms. The first-order chi connectivity index (χ1) is 16.2. The summed E-state index contributed by atoms with van der Waals surface area (Å²) in [6.07, 6.45) is 8.62. The molecule has 0 atom stereocenters. The molecule has 2 fully saturated rings. The summed E-state index contributed by atoms with van der Waals surface area (Å²) in [7, 11) is 0. The molecule has 9 heteroatoms. The summed E-state index contributed by atoms with van der Waals surface area (Å²) in [6, 6.07) is 9.97. The van der Waals surface area contributed by atoms with Gasteiger partial charge in [0.2, 0.25) is 0 Å². The fourth-order valence-electron chi connectivity index (χ4n) is 4.64. The van der Waals surface area contributed by atoms with Gasteiger partial charge in [0, 0.05) is 49.0 Å². The number of aromatic nitrogens is 3. The van der Waals surface area contributed by atoms with Crippen molar-refractivity contribution in [1.82, 2.24) is 24.8 Å². The number of likely N-dealkylation sites (tertiary alicyclic amines) is 2. The van der Waals surface area contributed by atoms with Crippen molar-refractivity contribution in [3.8, 4) is 10.6 Å². The molecule has 3 aromatic rings. The summed E-state index contributed by atoms with van der Waals surface area (Å²) in [5.74, 6) is 1.06. The van der Waals surface area contributed by atoms with E-state index >= 15 is 0 Å². The average Bonchev–Trinajstić information content (AvgIpc) is 3.53. The van der Waals surface area contributed by atoms with E-state index in [1.807, 2.05) is 35.7 Å². The maximum Gasteiger partial charge on any atom is 0.326 e. The monoisotopic (exact) mass is 463 g/mol. The SMILES string of the molecule is O=C(Nc1cccc(CN2CCC(N3CCCC3)CC2)n1)Nc1csc(-c2ccncc2)n1. The van der Waals surface area contributed by atoms with Gasteiger partial charge in [0.05, 0.1) is 5.69 Å². The normalized spacial score (nSPS) is 17.8. The minimum absolute atomic E-state index is 0.349. The first-order valence-electron chi connectivity index (χ1n) is 11.6. The van der Waals surface area contributed by atoms with Gasteiger partial charge in [0.1, 0.15) is 16.6 Å². The van der Waals surface area contributed by atoms with Gasteiger partial charge >= 0.3 is 6.03 Å². The number of carbonyl (C=O) groups is 1. The number of hydrogen-bond acceptors (Lipinski definition) is 7. The van der Waals surface area contributed by atoms with Crippen molar-refractivity contribution in [2.24, 2.45) is 0 Å². The maximum atomic E-state index is 12.5. The molecule has 2 saturated heterocycles. The minimum atomic E-state index is -0.349. The zero-order chi connectivity index (χ0) is 22.5. The summed E-state index contributed by atoms with van der Waals surface area (Å²) in [5, 5.41) is 8.28. The Hall–Kier alpha value is -2.88. The van der Waals surface area contributed by atoms with E-state index in [1.54, 1.807) is 12.4 Å². The van der Waals surface area contributed by atoms with E-state index in [-0.39, 0.29) is 6.03 Å². The molecule has 2 aliphatic rings. The summed E-state index contributed by atoms with van der Waals surface area (Å²) in [6.45, 7) is 5.56. The standard InChI is InChI=1S/C24H29N7OS/c32-24(29-22-17-33-23(27-22)18-6-10-25-11-7-18)28-21-5-3-4-19(26-21)16-30-14-8-20(9-15-30)31-12-1-2-13-31/h3-7,10-11,17,20H,1-2,8-9,12-16H2,(H2,26,28,29,32). The summed E-state index contributed by atoms with van der Waals surface area (Å²) >= 11 is 1.48. The zero-order valence-corrected chi connectivity index (χ0v) is 19.4. The van der Waals surface area contributed by atoms with E-state index in [2.05, 4.69) is 35.4 Å². The van der Waals surface area contributed by atoms with Crippen molar-refractivity contribution in [3.63, 3.8) is 0 Å². The first kappa shape index (κ1) is 21.9. The largest absolute Gasteiger partial charge is 0.326 e. The Labute approximate surface area is 198 Å². The van der Waals surface area contributed by atoms with E-state index in [9.17, 15) is 4.79 Å². The molecule has 8 nitrogen and oxygen atoms in total. The van der Waals surface area contributed by atoms with Gasteiger partial charge in [-0.15, -0.1) is 11.3 Å². The molecule has 5 heterocycles. The number of anilines is 2. The Balaban J connectivity index is 1.12. The van der Waals surface area contributed by atoms with Gasteiger partial charge in [-0.2, -0.15) is 0 Å². The fraction of sp³-hybridized carbons (Fsp3) is 0.417. The number of amides is 2. The van der Waals surface area contributed by atoms with Crippen LogP contribution in [-0.4, -0.2) is 63.0 Å². The van der Waals surface area contributed by atoms with Crippen LogP contribution in [0.5, 0.6) is 0 Å². The molecule has 2 aliphatic heterocycles. The van der Waals surface area contributed by atoms with Gasteiger partial charge in [-0.25, -0.2) is 14.8 Å². The lowest BCUT2D eigenvalue weighted by Crippen LogP contribution is -2.43. The molecule has 5 rings (SSSR count). The second-order valence-electron chi connectivity index (χ2n) is 8.62. The topological polar surface area (TPSA) is 86.3 Å². The number of hydrogen-bond donors (Lipinski definition) is 2. The molecular formula is C24H29N7OS. The number of piperidine rings is 1. The highest BCUT2D eigenvalue weighted by Gasteiger charge is 2.26.